The van der Waals surface area contributed by atoms with E-state index in [0.29, 0.717) is 12.3 Å². The zero-order valence-electron chi connectivity index (χ0n) is 12.2. The first-order valence-corrected chi connectivity index (χ1v) is 7.57. The second-order valence-corrected chi connectivity index (χ2v) is 5.56. The van der Waals surface area contributed by atoms with Crippen LogP contribution in [0.3, 0.4) is 0 Å². The molecule has 1 saturated heterocycles. The lowest BCUT2D eigenvalue weighted by Gasteiger charge is -2.14. The van der Waals surface area contributed by atoms with Crippen LogP contribution in [0.5, 0.6) is 0 Å². The van der Waals surface area contributed by atoms with Gasteiger partial charge in [0.15, 0.2) is 0 Å². The molecule has 1 fully saturated rings. The third-order valence-corrected chi connectivity index (χ3v) is 3.90. The molecular weight excluding hydrogens is 264 g/mol. The van der Waals surface area contributed by atoms with E-state index in [1.54, 1.807) is 6.07 Å². The van der Waals surface area contributed by atoms with E-state index in [4.69, 9.17) is 9.52 Å². The fourth-order valence-corrected chi connectivity index (χ4v) is 2.72. The number of benzene rings is 1. The van der Waals surface area contributed by atoms with E-state index in [0.717, 1.165) is 18.0 Å². The van der Waals surface area contributed by atoms with Crippen LogP contribution >= 0.6 is 0 Å². The van der Waals surface area contributed by atoms with Gasteiger partial charge in [-0.25, -0.2) is 0 Å². The van der Waals surface area contributed by atoms with Crippen LogP contribution < -0.4 is 5.32 Å². The highest BCUT2D eigenvalue weighted by Crippen LogP contribution is 2.16. The van der Waals surface area contributed by atoms with Crippen molar-refractivity contribution < 1.29 is 9.52 Å². The zero-order chi connectivity index (χ0) is 14.5. The molecule has 1 aliphatic rings. The third-order valence-electron chi connectivity index (χ3n) is 3.90. The van der Waals surface area contributed by atoms with Crippen molar-refractivity contribution in [2.45, 2.75) is 32.5 Å². The van der Waals surface area contributed by atoms with Crippen molar-refractivity contribution in [1.29, 1.82) is 0 Å². The molecule has 0 unspecified atom stereocenters. The molecule has 2 aromatic rings. The molecule has 4 nitrogen and oxygen atoms in total. The van der Waals surface area contributed by atoms with Gasteiger partial charge >= 0.3 is 0 Å². The van der Waals surface area contributed by atoms with Crippen LogP contribution in [-0.2, 0) is 19.7 Å². The largest absolute Gasteiger partial charge is 0.462 e. The summed E-state index contributed by atoms with van der Waals surface area (Å²) in [6.07, 6.45) is 2.66. The van der Waals surface area contributed by atoms with Crippen molar-refractivity contribution in [2.24, 2.45) is 0 Å². The molecule has 21 heavy (non-hydrogen) atoms. The Balaban J connectivity index is 1.51. The SMILES string of the molecule is OCc1ccc(CNc2ccc(CN3CCCC3)cc2)o1. The van der Waals surface area contributed by atoms with Gasteiger partial charge in [-0.3, -0.25) is 4.90 Å². The van der Waals surface area contributed by atoms with Gasteiger partial charge in [0, 0.05) is 12.2 Å². The Hall–Kier alpha value is -1.78. The summed E-state index contributed by atoms with van der Waals surface area (Å²) in [4.78, 5) is 2.50. The summed E-state index contributed by atoms with van der Waals surface area (Å²) < 4.78 is 5.45. The van der Waals surface area contributed by atoms with Crippen LogP contribution in [0.1, 0.15) is 29.9 Å². The maximum Gasteiger partial charge on any atom is 0.129 e. The monoisotopic (exact) mass is 286 g/mol. The van der Waals surface area contributed by atoms with Crippen LogP contribution in [0, 0.1) is 0 Å². The second kappa shape index (κ2) is 6.78. The highest BCUT2D eigenvalue weighted by Gasteiger charge is 2.11. The lowest BCUT2D eigenvalue weighted by atomic mass is 10.2. The molecule has 3 rings (SSSR count). The molecule has 0 amide bonds. The minimum absolute atomic E-state index is 0.0504. The second-order valence-electron chi connectivity index (χ2n) is 5.56. The quantitative estimate of drug-likeness (QED) is 0.857. The van der Waals surface area contributed by atoms with E-state index in [9.17, 15) is 0 Å². The van der Waals surface area contributed by atoms with Crippen molar-refractivity contribution >= 4 is 5.69 Å². The Morgan fingerprint density at radius 2 is 1.71 bits per heavy atom. The fourth-order valence-electron chi connectivity index (χ4n) is 2.72. The molecule has 0 atom stereocenters. The predicted octanol–water partition coefficient (Wildman–Crippen LogP) is 2.98. The minimum atomic E-state index is -0.0504. The standard InChI is InChI=1S/C17H22N2O2/c20-13-17-8-7-16(21-17)11-18-15-5-3-14(4-6-15)12-19-9-1-2-10-19/h3-8,18,20H,1-2,9-13H2. The van der Waals surface area contributed by atoms with Crippen LogP contribution in [-0.4, -0.2) is 23.1 Å². The van der Waals surface area contributed by atoms with Crippen molar-refractivity contribution in [2.75, 3.05) is 18.4 Å². The molecule has 112 valence electrons. The maximum atomic E-state index is 8.97. The summed E-state index contributed by atoms with van der Waals surface area (Å²) in [5.74, 6) is 1.44. The van der Waals surface area contributed by atoms with Gasteiger partial charge in [-0.2, -0.15) is 0 Å². The van der Waals surface area contributed by atoms with E-state index in [1.807, 2.05) is 6.07 Å². The Morgan fingerprint density at radius 3 is 2.38 bits per heavy atom. The van der Waals surface area contributed by atoms with Crippen molar-refractivity contribution in [3.05, 3.63) is 53.5 Å². The minimum Gasteiger partial charge on any atom is -0.462 e. The summed E-state index contributed by atoms with van der Waals surface area (Å²) in [7, 11) is 0. The van der Waals surface area contributed by atoms with Gasteiger partial charge in [-0.1, -0.05) is 12.1 Å². The van der Waals surface area contributed by atoms with Gasteiger partial charge in [-0.05, 0) is 55.8 Å². The van der Waals surface area contributed by atoms with Crippen molar-refractivity contribution in [1.82, 2.24) is 4.90 Å². The molecule has 0 spiro atoms. The summed E-state index contributed by atoms with van der Waals surface area (Å²) in [6.45, 7) is 4.09. The predicted molar refractivity (Wildman–Crippen MR) is 82.9 cm³/mol. The topological polar surface area (TPSA) is 48.6 Å². The van der Waals surface area contributed by atoms with E-state index >= 15 is 0 Å². The van der Waals surface area contributed by atoms with Gasteiger partial charge < -0.3 is 14.8 Å². The molecule has 0 bridgehead atoms. The Labute approximate surface area is 125 Å². The highest BCUT2D eigenvalue weighted by atomic mass is 16.4. The number of hydrogen-bond acceptors (Lipinski definition) is 4. The zero-order valence-corrected chi connectivity index (χ0v) is 12.2. The molecule has 1 aromatic heterocycles. The Bertz CT molecular complexity index is 556. The molecular formula is C17H22N2O2. The summed E-state index contributed by atoms with van der Waals surface area (Å²) in [6, 6.07) is 12.3. The van der Waals surface area contributed by atoms with E-state index in [1.165, 1.54) is 31.5 Å². The van der Waals surface area contributed by atoms with Crippen LogP contribution in [0.15, 0.2) is 40.8 Å². The first-order valence-electron chi connectivity index (χ1n) is 7.57. The van der Waals surface area contributed by atoms with Crippen molar-refractivity contribution in [3.8, 4) is 0 Å². The summed E-state index contributed by atoms with van der Waals surface area (Å²) >= 11 is 0. The van der Waals surface area contributed by atoms with Crippen LogP contribution in [0.25, 0.3) is 0 Å². The van der Waals surface area contributed by atoms with E-state index < -0.39 is 0 Å². The van der Waals surface area contributed by atoms with Gasteiger partial charge in [0.25, 0.3) is 0 Å². The molecule has 0 aliphatic carbocycles. The average molecular weight is 286 g/mol. The number of rotatable bonds is 6. The van der Waals surface area contributed by atoms with Gasteiger partial charge in [0.2, 0.25) is 0 Å². The molecule has 0 radical (unpaired) electrons. The lowest BCUT2D eigenvalue weighted by Crippen LogP contribution is -2.18. The molecule has 2 N–H and O–H groups in total. The maximum absolute atomic E-state index is 8.97. The average Bonchev–Trinajstić information content (AvgIpc) is 3.18. The molecule has 1 aliphatic heterocycles. The third kappa shape index (κ3) is 3.86. The van der Waals surface area contributed by atoms with Gasteiger partial charge in [0.1, 0.15) is 18.1 Å². The summed E-state index contributed by atoms with van der Waals surface area (Å²) in [5.41, 5.74) is 2.45. The van der Waals surface area contributed by atoms with E-state index in [-0.39, 0.29) is 6.61 Å². The number of nitrogens with zero attached hydrogens (tertiary/aromatic N) is 1. The number of aliphatic hydroxyl groups excluding tert-OH is 1. The number of anilines is 1. The Morgan fingerprint density at radius 1 is 1.00 bits per heavy atom. The van der Waals surface area contributed by atoms with E-state index in [2.05, 4.69) is 34.5 Å². The number of likely N-dealkylation sites (tertiary alicyclic amines) is 1. The van der Waals surface area contributed by atoms with Gasteiger partial charge in [-0.15, -0.1) is 0 Å². The van der Waals surface area contributed by atoms with Crippen LogP contribution in [0.2, 0.25) is 0 Å². The molecule has 0 saturated carbocycles. The van der Waals surface area contributed by atoms with Crippen molar-refractivity contribution in [3.63, 3.8) is 0 Å². The molecule has 2 heterocycles. The number of aliphatic hydroxyl groups is 1. The fraction of sp³-hybridized carbons (Fsp3) is 0.412. The van der Waals surface area contributed by atoms with Crippen LogP contribution in [0.4, 0.5) is 5.69 Å². The highest BCUT2D eigenvalue weighted by molar-refractivity contribution is 5.44. The number of furan rings is 1. The number of hydrogen-bond donors (Lipinski definition) is 2. The lowest BCUT2D eigenvalue weighted by molar-refractivity contribution is 0.244. The Kier molecular flexibility index (Phi) is 4.58. The smallest absolute Gasteiger partial charge is 0.129 e. The molecule has 1 aromatic carbocycles. The van der Waals surface area contributed by atoms with Gasteiger partial charge in [0.05, 0.1) is 6.54 Å². The first-order chi connectivity index (χ1) is 10.3. The summed E-state index contributed by atoms with van der Waals surface area (Å²) in [5, 5.41) is 12.3. The first kappa shape index (κ1) is 14.2. The number of nitrogens with one attached hydrogen (secondary N) is 1. The molecule has 4 heteroatoms. The normalized spacial score (nSPS) is 15.5.